The third kappa shape index (κ3) is 3.49. The number of hydrogen-bond donors (Lipinski definition) is 2. The van der Waals surface area contributed by atoms with Gasteiger partial charge in [0.05, 0.1) is 0 Å². The Kier molecular flexibility index (Phi) is 4.58. The van der Waals surface area contributed by atoms with Gasteiger partial charge in [-0.1, -0.05) is 26.2 Å². The second kappa shape index (κ2) is 5.50. The van der Waals surface area contributed by atoms with Gasteiger partial charge < -0.3 is 11.1 Å². The van der Waals surface area contributed by atoms with Gasteiger partial charge in [0.15, 0.2) is 0 Å². The van der Waals surface area contributed by atoms with Gasteiger partial charge in [-0.15, -0.1) is 0 Å². The maximum atomic E-state index is 11.1. The molecule has 2 atom stereocenters. The minimum Gasteiger partial charge on any atom is -0.370 e. The Hall–Kier alpha value is -0.570. The van der Waals surface area contributed by atoms with Crippen molar-refractivity contribution in [3.63, 3.8) is 0 Å². The predicted molar refractivity (Wildman–Crippen MR) is 62.5 cm³/mol. The fraction of sp³-hybridized carbons (Fsp3) is 0.917. The summed E-state index contributed by atoms with van der Waals surface area (Å²) in [4.78, 5) is 11.1. The SMILES string of the molecule is CCC1CCCC(CC(N)=O)(NC)CC1. The summed E-state index contributed by atoms with van der Waals surface area (Å²) < 4.78 is 0. The molecule has 3 N–H and O–H groups in total. The number of primary amides is 1. The maximum Gasteiger partial charge on any atom is 0.219 e. The third-order valence-corrected chi connectivity index (χ3v) is 3.92. The summed E-state index contributed by atoms with van der Waals surface area (Å²) in [5.41, 5.74) is 5.31. The van der Waals surface area contributed by atoms with E-state index in [0.717, 1.165) is 18.8 Å². The predicted octanol–water partition coefficient (Wildman–Crippen LogP) is 1.81. The van der Waals surface area contributed by atoms with Crippen LogP contribution in [0.15, 0.2) is 0 Å². The molecule has 1 saturated carbocycles. The zero-order chi connectivity index (χ0) is 11.3. The van der Waals surface area contributed by atoms with E-state index >= 15 is 0 Å². The van der Waals surface area contributed by atoms with Crippen LogP contribution in [-0.4, -0.2) is 18.5 Å². The van der Waals surface area contributed by atoms with Crippen LogP contribution in [0, 0.1) is 5.92 Å². The molecule has 2 unspecified atom stereocenters. The van der Waals surface area contributed by atoms with Gasteiger partial charge in [-0.2, -0.15) is 0 Å². The molecule has 0 aromatic heterocycles. The van der Waals surface area contributed by atoms with Crippen molar-refractivity contribution in [1.82, 2.24) is 5.32 Å². The molecule has 3 nitrogen and oxygen atoms in total. The molecule has 1 aliphatic rings. The van der Waals surface area contributed by atoms with Gasteiger partial charge in [0.25, 0.3) is 0 Å². The number of carbonyl (C=O) groups excluding carboxylic acids is 1. The summed E-state index contributed by atoms with van der Waals surface area (Å²) in [5.74, 6) is 0.660. The average molecular weight is 212 g/mol. The summed E-state index contributed by atoms with van der Waals surface area (Å²) in [6.45, 7) is 2.26. The first kappa shape index (κ1) is 12.5. The van der Waals surface area contributed by atoms with Crippen LogP contribution in [-0.2, 0) is 4.79 Å². The molecule has 0 aliphatic heterocycles. The highest BCUT2D eigenvalue weighted by Gasteiger charge is 2.32. The van der Waals surface area contributed by atoms with Gasteiger partial charge in [-0.05, 0) is 32.2 Å². The van der Waals surface area contributed by atoms with Gasteiger partial charge in [-0.25, -0.2) is 0 Å². The number of nitrogens with two attached hydrogens (primary N) is 1. The van der Waals surface area contributed by atoms with Gasteiger partial charge in [0.1, 0.15) is 0 Å². The van der Waals surface area contributed by atoms with Crippen molar-refractivity contribution in [2.75, 3.05) is 7.05 Å². The highest BCUT2D eigenvalue weighted by molar-refractivity contribution is 5.75. The van der Waals surface area contributed by atoms with Crippen LogP contribution in [0.25, 0.3) is 0 Å². The minimum absolute atomic E-state index is 0.0181. The first-order chi connectivity index (χ1) is 7.12. The number of nitrogens with one attached hydrogen (secondary N) is 1. The molecule has 1 fully saturated rings. The van der Waals surface area contributed by atoms with Crippen molar-refractivity contribution in [2.24, 2.45) is 11.7 Å². The van der Waals surface area contributed by atoms with E-state index in [1.807, 2.05) is 7.05 Å². The molecule has 88 valence electrons. The smallest absolute Gasteiger partial charge is 0.219 e. The Bertz CT molecular complexity index is 218. The monoisotopic (exact) mass is 212 g/mol. The number of amides is 1. The first-order valence-electron chi connectivity index (χ1n) is 6.09. The normalized spacial score (nSPS) is 32.3. The topological polar surface area (TPSA) is 55.1 Å². The summed E-state index contributed by atoms with van der Waals surface area (Å²) in [7, 11) is 1.95. The standard InChI is InChI=1S/C12H24N2O/c1-3-10-5-4-7-12(14-2,8-6-10)9-11(13)15/h10,14H,3-9H2,1-2H3,(H2,13,15). The molecular formula is C12H24N2O. The Labute approximate surface area is 92.8 Å². The largest absolute Gasteiger partial charge is 0.370 e. The fourth-order valence-corrected chi connectivity index (χ4v) is 2.74. The van der Waals surface area contributed by atoms with Crippen LogP contribution >= 0.6 is 0 Å². The number of rotatable bonds is 4. The van der Waals surface area contributed by atoms with Crippen LogP contribution in [0.1, 0.15) is 51.9 Å². The summed E-state index contributed by atoms with van der Waals surface area (Å²) >= 11 is 0. The first-order valence-corrected chi connectivity index (χ1v) is 6.09. The zero-order valence-corrected chi connectivity index (χ0v) is 10.0. The lowest BCUT2D eigenvalue weighted by molar-refractivity contribution is -0.119. The van der Waals surface area contributed by atoms with E-state index < -0.39 is 0 Å². The van der Waals surface area contributed by atoms with Gasteiger partial charge in [-0.3, -0.25) is 4.79 Å². The molecule has 15 heavy (non-hydrogen) atoms. The second-order valence-electron chi connectivity index (χ2n) is 4.88. The molecule has 0 heterocycles. The highest BCUT2D eigenvalue weighted by atomic mass is 16.1. The molecule has 0 aromatic rings. The van der Waals surface area contributed by atoms with Crippen LogP contribution in [0.2, 0.25) is 0 Å². The van der Waals surface area contributed by atoms with Crippen molar-refractivity contribution in [3.8, 4) is 0 Å². The van der Waals surface area contributed by atoms with Crippen LogP contribution in [0.4, 0.5) is 0 Å². The molecule has 3 heteroatoms. The van der Waals surface area contributed by atoms with Crippen LogP contribution in [0.5, 0.6) is 0 Å². The Morgan fingerprint density at radius 3 is 2.73 bits per heavy atom. The summed E-state index contributed by atoms with van der Waals surface area (Å²) in [6.07, 6.45) is 7.67. The molecule has 1 rings (SSSR count). The molecular weight excluding hydrogens is 188 g/mol. The number of carbonyl (C=O) groups is 1. The van der Waals surface area contributed by atoms with Crippen molar-refractivity contribution in [2.45, 2.75) is 57.4 Å². The zero-order valence-electron chi connectivity index (χ0n) is 10.0. The molecule has 0 saturated heterocycles. The van der Waals surface area contributed by atoms with E-state index in [9.17, 15) is 4.79 Å². The summed E-state index contributed by atoms with van der Waals surface area (Å²) in [6, 6.07) is 0. The highest BCUT2D eigenvalue weighted by Crippen LogP contribution is 2.33. The van der Waals surface area contributed by atoms with E-state index in [0.29, 0.717) is 6.42 Å². The number of hydrogen-bond acceptors (Lipinski definition) is 2. The fourth-order valence-electron chi connectivity index (χ4n) is 2.74. The molecule has 1 amide bonds. The van der Waals surface area contributed by atoms with Crippen LogP contribution in [0.3, 0.4) is 0 Å². The Balaban J connectivity index is 2.61. The second-order valence-corrected chi connectivity index (χ2v) is 4.88. The maximum absolute atomic E-state index is 11.1. The molecule has 0 aromatic carbocycles. The van der Waals surface area contributed by atoms with Crippen molar-refractivity contribution in [1.29, 1.82) is 0 Å². The lowest BCUT2D eigenvalue weighted by Gasteiger charge is -2.31. The van der Waals surface area contributed by atoms with E-state index in [4.69, 9.17) is 5.73 Å². The van der Waals surface area contributed by atoms with Gasteiger partial charge in [0, 0.05) is 12.0 Å². The molecule has 0 radical (unpaired) electrons. The lowest BCUT2D eigenvalue weighted by Crippen LogP contribution is -2.45. The van der Waals surface area contributed by atoms with Crippen molar-refractivity contribution in [3.05, 3.63) is 0 Å². The Morgan fingerprint density at radius 2 is 2.20 bits per heavy atom. The Morgan fingerprint density at radius 1 is 1.47 bits per heavy atom. The van der Waals surface area contributed by atoms with E-state index in [1.54, 1.807) is 0 Å². The van der Waals surface area contributed by atoms with Gasteiger partial charge in [0.2, 0.25) is 5.91 Å². The molecule has 0 spiro atoms. The quantitative estimate of drug-likeness (QED) is 0.698. The lowest BCUT2D eigenvalue weighted by atomic mass is 9.86. The average Bonchev–Trinajstić information content (AvgIpc) is 2.40. The van der Waals surface area contributed by atoms with Crippen molar-refractivity contribution >= 4 is 5.91 Å². The van der Waals surface area contributed by atoms with E-state index in [1.165, 1.54) is 25.7 Å². The molecule has 0 bridgehead atoms. The third-order valence-electron chi connectivity index (χ3n) is 3.92. The summed E-state index contributed by atoms with van der Waals surface area (Å²) in [5, 5.41) is 3.33. The molecule has 1 aliphatic carbocycles. The van der Waals surface area contributed by atoms with Crippen molar-refractivity contribution < 1.29 is 4.79 Å². The van der Waals surface area contributed by atoms with Gasteiger partial charge >= 0.3 is 0 Å². The van der Waals surface area contributed by atoms with E-state index in [-0.39, 0.29) is 11.4 Å². The van der Waals surface area contributed by atoms with E-state index in [2.05, 4.69) is 12.2 Å². The minimum atomic E-state index is -0.181. The van der Waals surface area contributed by atoms with Crippen LogP contribution < -0.4 is 11.1 Å².